The average molecular weight is 244 g/mol. The summed E-state index contributed by atoms with van der Waals surface area (Å²) in [4.78, 5) is 2.46. The summed E-state index contributed by atoms with van der Waals surface area (Å²) in [6, 6.07) is 0. The van der Waals surface area contributed by atoms with E-state index in [2.05, 4.69) is 24.1 Å². The van der Waals surface area contributed by atoms with Crippen LogP contribution in [-0.4, -0.2) is 64.6 Å². The molecule has 0 amide bonds. The normalized spacial score (nSPS) is 18.5. The zero-order chi connectivity index (χ0) is 12.6. The topological polar surface area (TPSA) is 33.7 Å². The molecular weight excluding hydrogens is 216 g/mol. The second-order valence-electron chi connectivity index (χ2n) is 5.54. The summed E-state index contributed by atoms with van der Waals surface area (Å²) in [5, 5.41) is 3.54. The lowest BCUT2D eigenvalue weighted by atomic mass is 9.90. The largest absolute Gasteiger partial charge is 0.385 e. The highest BCUT2D eigenvalue weighted by atomic mass is 16.5. The molecule has 0 unspecified atom stereocenters. The first-order valence-corrected chi connectivity index (χ1v) is 6.64. The second-order valence-corrected chi connectivity index (χ2v) is 5.54. The highest BCUT2D eigenvalue weighted by molar-refractivity contribution is 4.72. The molecule has 1 fully saturated rings. The number of hydrogen-bond acceptors (Lipinski definition) is 4. The zero-order valence-corrected chi connectivity index (χ0v) is 11.6. The fourth-order valence-electron chi connectivity index (χ4n) is 1.96. The number of hydrogen-bond donors (Lipinski definition) is 1. The van der Waals surface area contributed by atoms with E-state index in [0.29, 0.717) is 5.41 Å². The molecule has 1 N–H and O–H groups in total. The fourth-order valence-corrected chi connectivity index (χ4v) is 1.96. The molecule has 1 saturated heterocycles. The Hall–Kier alpha value is -0.160. The standard InChI is InChI=1S/C13H28N2O2/c1-13(2,4-9-16-3)12-14-5-6-15-7-10-17-11-8-15/h14H,4-12H2,1-3H3. The van der Waals surface area contributed by atoms with Gasteiger partial charge in [-0.25, -0.2) is 0 Å². The Balaban J connectivity index is 2.02. The van der Waals surface area contributed by atoms with Gasteiger partial charge in [0.05, 0.1) is 13.2 Å². The Morgan fingerprint density at radius 3 is 2.65 bits per heavy atom. The molecule has 102 valence electrons. The highest BCUT2D eigenvalue weighted by Crippen LogP contribution is 2.18. The van der Waals surface area contributed by atoms with Crippen LogP contribution in [0.3, 0.4) is 0 Å². The van der Waals surface area contributed by atoms with Gasteiger partial charge in [0.2, 0.25) is 0 Å². The lowest BCUT2D eigenvalue weighted by Gasteiger charge is -2.28. The van der Waals surface area contributed by atoms with Gasteiger partial charge in [-0.15, -0.1) is 0 Å². The van der Waals surface area contributed by atoms with Crippen molar-refractivity contribution in [2.24, 2.45) is 5.41 Å². The van der Waals surface area contributed by atoms with Gasteiger partial charge in [0.1, 0.15) is 0 Å². The van der Waals surface area contributed by atoms with Crippen LogP contribution in [0.15, 0.2) is 0 Å². The maximum atomic E-state index is 5.33. The molecule has 1 aliphatic rings. The fraction of sp³-hybridized carbons (Fsp3) is 1.00. The van der Waals surface area contributed by atoms with E-state index < -0.39 is 0 Å². The third-order valence-electron chi connectivity index (χ3n) is 3.30. The molecule has 0 atom stereocenters. The first-order chi connectivity index (χ1) is 8.14. The van der Waals surface area contributed by atoms with Crippen LogP contribution in [0.4, 0.5) is 0 Å². The molecule has 1 aliphatic heterocycles. The minimum Gasteiger partial charge on any atom is -0.385 e. The lowest BCUT2D eigenvalue weighted by Crippen LogP contribution is -2.41. The van der Waals surface area contributed by atoms with Crippen molar-refractivity contribution in [3.05, 3.63) is 0 Å². The van der Waals surface area contributed by atoms with Gasteiger partial charge >= 0.3 is 0 Å². The Kier molecular flexibility index (Phi) is 7.04. The molecule has 0 aromatic carbocycles. The second kappa shape index (κ2) is 8.03. The summed E-state index contributed by atoms with van der Waals surface area (Å²) < 4.78 is 10.5. The van der Waals surface area contributed by atoms with Crippen molar-refractivity contribution in [2.45, 2.75) is 20.3 Å². The number of morpholine rings is 1. The summed E-state index contributed by atoms with van der Waals surface area (Å²) in [5.41, 5.74) is 0.320. The first-order valence-electron chi connectivity index (χ1n) is 6.64. The average Bonchev–Trinajstić information content (AvgIpc) is 2.34. The van der Waals surface area contributed by atoms with Gasteiger partial charge in [-0.2, -0.15) is 0 Å². The number of rotatable bonds is 8. The van der Waals surface area contributed by atoms with Crippen LogP contribution in [0.2, 0.25) is 0 Å². The molecule has 1 heterocycles. The number of ether oxygens (including phenoxy) is 2. The van der Waals surface area contributed by atoms with Crippen molar-refractivity contribution in [3.63, 3.8) is 0 Å². The third kappa shape index (κ3) is 6.99. The summed E-state index contributed by atoms with van der Waals surface area (Å²) in [5.74, 6) is 0. The smallest absolute Gasteiger partial charge is 0.0594 e. The molecule has 0 aromatic heterocycles. The number of nitrogens with one attached hydrogen (secondary N) is 1. The van der Waals surface area contributed by atoms with E-state index >= 15 is 0 Å². The molecule has 4 heteroatoms. The number of methoxy groups -OCH3 is 1. The van der Waals surface area contributed by atoms with Gasteiger partial charge in [0.15, 0.2) is 0 Å². The Morgan fingerprint density at radius 2 is 2.00 bits per heavy atom. The zero-order valence-electron chi connectivity index (χ0n) is 11.6. The summed E-state index contributed by atoms with van der Waals surface area (Å²) >= 11 is 0. The minimum atomic E-state index is 0.320. The molecule has 0 radical (unpaired) electrons. The first kappa shape index (κ1) is 14.9. The van der Waals surface area contributed by atoms with Gasteiger partial charge in [-0.1, -0.05) is 13.8 Å². The van der Waals surface area contributed by atoms with Crippen molar-refractivity contribution in [1.29, 1.82) is 0 Å². The summed E-state index contributed by atoms with van der Waals surface area (Å²) in [6.45, 7) is 12.6. The Morgan fingerprint density at radius 1 is 1.29 bits per heavy atom. The van der Waals surface area contributed by atoms with Crippen molar-refractivity contribution in [2.75, 3.05) is 59.7 Å². The molecule has 0 aromatic rings. The summed E-state index contributed by atoms with van der Waals surface area (Å²) in [7, 11) is 1.77. The Labute approximate surface area is 106 Å². The molecule has 0 aliphatic carbocycles. The van der Waals surface area contributed by atoms with Crippen LogP contribution in [-0.2, 0) is 9.47 Å². The number of nitrogens with zero attached hydrogens (tertiary/aromatic N) is 1. The summed E-state index contributed by atoms with van der Waals surface area (Å²) in [6.07, 6.45) is 1.11. The van der Waals surface area contributed by atoms with Crippen LogP contribution in [0.25, 0.3) is 0 Å². The van der Waals surface area contributed by atoms with Crippen molar-refractivity contribution >= 4 is 0 Å². The quantitative estimate of drug-likeness (QED) is 0.645. The van der Waals surface area contributed by atoms with Crippen molar-refractivity contribution < 1.29 is 9.47 Å². The van der Waals surface area contributed by atoms with Gasteiger partial charge in [0, 0.05) is 46.4 Å². The molecule has 0 spiro atoms. The van der Waals surface area contributed by atoms with Gasteiger partial charge < -0.3 is 14.8 Å². The monoisotopic (exact) mass is 244 g/mol. The Bertz CT molecular complexity index is 192. The minimum absolute atomic E-state index is 0.320. The molecule has 0 bridgehead atoms. The third-order valence-corrected chi connectivity index (χ3v) is 3.30. The van der Waals surface area contributed by atoms with Crippen molar-refractivity contribution in [3.8, 4) is 0 Å². The van der Waals surface area contributed by atoms with Gasteiger partial charge in [-0.3, -0.25) is 4.90 Å². The van der Waals surface area contributed by atoms with Crippen LogP contribution < -0.4 is 5.32 Å². The highest BCUT2D eigenvalue weighted by Gasteiger charge is 2.17. The SMILES string of the molecule is COCCC(C)(C)CNCCN1CCOCC1. The van der Waals surface area contributed by atoms with Crippen LogP contribution >= 0.6 is 0 Å². The van der Waals surface area contributed by atoms with E-state index in [-0.39, 0.29) is 0 Å². The van der Waals surface area contributed by atoms with E-state index in [4.69, 9.17) is 9.47 Å². The van der Waals surface area contributed by atoms with E-state index in [1.165, 1.54) is 0 Å². The maximum absolute atomic E-state index is 5.33. The lowest BCUT2D eigenvalue weighted by molar-refractivity contribution is 0.0380. The van der Waals surface area contributed by atoms with Gasteiger partial charge in [-0.05, 0) is 11.8 Å². The molecule has 0 saturated carbocycles. The van der Waals surface area contributed by atoms with E-state index in [1.807, 2.05) is 0 Å². The molecule has 4 nitrogen and oxygen atoms in total. The van der Waals surface area contributed by atoms with E-state index in [0.717, 1.165) is 59.0 Å². The molecular formula is C13H28N2O2. The van der Waals surface area contributed by atoms with E-state index in [9.17, 15) is 0 Å². The van der Waals surface area contributed by atoms with E-state index in [1.54, 1.807) is 7.11 Å². The van der Waals surface area contributed by atoms with Crippen LogP contribution in [0.5, 0.6) is 0 Å². The van der Waals surface area contributed by atoms with Crippen molar-refractivity contribution in [1.82, 2.24) is 10.2 Å². The van der Waals surface area contributed by atoms with Gasteiger partial charge in [0.25, 0.3) is 0 Å². The van der Waals surface area contributed by atoms with Crippen LogP contribution in [0, 0.1) is 5.41 Å². The predicted molar refractivity (Wildman–Crippen MR) is 70.4 cm³/mol. The predicted octanol–water partition coefficient (Wildman–Crippen LogP) is 0.971. The van der Waals surface area contributed by atoms with Crippen LogP contribution in [0.1, 0.15) is 20.3 Å². The molecule has 1 rings (SSSR count). The maximum Gasteiger partial charge on any atom is 0.0594 e. The molecule has 17 heavy (non-hydrogen) atoms.